The number of carbonyl (C=O) groups is 2. The Morgan fingerprint density at radius 1 is 1.04 bits per heavy atom. The Morgan fingerprint density at radius 3 is 2.56 bits per heavy atom. The molecule has 4 rings (SSSR count). The molecule has 2 saturated heterocycles. The van der Waals surface area contributed by atoms with Crippen LogP contribution in [-0.4, -0.2) is 52.8 Å². The third-order valence-electron chi connectivity index (χ3n) is 5.35. The van der Waals surface area contributed by atoms with E-state index in [1.807, 2.05) is 32.7 Å². The van der Waals surface area contributed by atoms with E-state index < -0.39 is 0 Å². The zero-order valence-corrected chi connectivity index (χ0v) is 14.9. The van der Waals surface area contributed by atoms with Gasteiger partial charge in [-0.3, -0.25) is 14.6 Å². The van der Waals surface area contributed by atoms with Gasteiger partial charge < -0.3 is 9.80 Å². The molecule has 0 bridgehead atoms. The highest BCUT2D eigenvalue weighted by atomic mass is 32.1. The lowest BCUT2D eigenvalue weighted by Crippen LogP contribution is -2.47. The van der Waals surface area contributed by atoms with Gasteiger partial charge in [0, 0.05) is 49.4 Å². The average Bonchev–Trinajstić information content (AvgIpc) is 3.32. The molecule has 0 N–H and O–H groups in total. The monoisotopic (exact) mass is 355 g/mol. The van der Waals surface area contributed by atoms with Gasteiger partial charge in [-0.2, -0.15) is 11.3 Å². The van der Waals surface area contributed by atoms with E-state index in [0.717, 1.165) is 51.0 Å². The minimum Gasteiger partial charge on any atom is -0.338 e. The van der Waals surface area contributed by atoms with Crippen molar-refractivity contribution in [2.24, 2.45) is 5.41 Å². The van der Waals surface area contributed by atoms with Crippen molar-refractivity contribution in [3.05, 3.63) is 52.5 Å². The van der Waals surface area contributed by atoms with Gasteiger partial charge in [-0.15, -0.1) is 0 Å². The van der Waals surface area contributed by atoms with Crippen LogP contribution in [0.25, 0.3) is 0 Å². The Hall–Kier alpha value is -2.21. The molecule has 0 radical (unpaired) electrons. The van der Waals surface area contributed by atoms with Crippen LogP contribution in [0.3, 0.4) is 0 Å². The van der Waals surface area contributed by atoms with Crippen molar-refractivity contribution in [3.63, 3.8) is 0 Å². The van der Waals surface area contributed by atoms with Crippen LogP contribution in [0.1, 0.15) is 40.0 Å². The summed E-state index contributed by atoms with van der Waals surface area (Å²) in [6, 6.07) is 5.50. The van der Waals surface area contributed by atoms with Crippen LogP contribution in [0.5, 0.6) is 0 Å². The molecule has 0 saturated carbocycles. The number of thiophene rings is 1. The Kier molecular flexibility index (Phi) is 4.29. The first-order chi connectivity index (χ1) is 12.2. The molecule has 2 aliphatic rings. The second kappa shape index (κ2) is 6.59. The molecule has 2 amide bonds. The maximum atomic E-state index is 12.7. The summed E-state index contributed by atoms with van der Waals surface area (Å²) in [6.07, 6.45) is 6.35. The molecule has 2 fully saturated rings. The van der Waals surface area contributed by atoms with Crippen LogP contribution in [0, 0.1) is 5.41 Å². The Balaban J connectivity index is 1.46. The minimum atomic E-state index is 0.0435. The summed E-state index contributed by atoms with van der Waals surface area (Å²) >= 11 is 1.55. The lowest BCUT2D eigenvalue weighted by molar-refractivity contribution is 0.0516. The van der Waals surface area contributed by atoms with Gasteiger partial charge in [-0.1, -0.05) is 0 Å². The SMILES string of the molecule is O=C(c1cccnc1)N1CCC[C@@]2(CCN(C(=O)c3ccsc3)C2)C1. The Morgan fingerprint density at radius 2 is 1.84 bits per heavy atom. The maximum Gasteiger partial charge on any atom is 0.255 e. The van der Waals surface area contributed by atoms with E-state index in [1.54, 1.807) is 29.8 Å². The van der Waals surface area contributed by atoms with Gasteiger partial charge in [0.05, 0.1) is 11.1 Å². The Labute approximate surface area is 151 Å². The summed E-state index contributed by atoms with van der Waals surface area (Å²) in [5.41, 5.74) is 1.46. The van der Waals surface area contributed by atoms with E-state index in [4.69, 9.17) is 0 Å². The molecule has 0 unspecified atom stereocenters. The van der Waals surface area contributed by atoms with Gasteiger partial charge in [-0.05, 0) is 42.8 Å². The first-order valence-electron chi connectivity index (χ1n) is 8.68. The molecular formula is C19H21N3O2S. The van der Waals surface area contributed by atoms with Crippen molar-refractivity contribution in [1.82, 2.24) is 14.8 Å². The van der Waals surface area contributed by atoms with Gasteiger partial charge in [0.15, 0.2) is 0 Å². The molecule has 1 spiro atoms. The van der Waals surface area contributed by atoms with E-state index in [-0.39, 0.29) is 17.2 Å². The molecule has 0 aromatic carbocycles. The normalized spacial score (nSPS) is 23.2. The quantitative estimate of drug-likeness (QED) is 0.832. The highest BCUT2D eigenvalue weighted by molar-refractivity contribution is 7.08. The third-order valence-corrected chi connectivity index (χ3v) is 6.03. The number of likely N-dealkylation sites (tertiary alicyclic amines) is 2. The fourth-order valence-corrected chi connectivity index (χ4v) is 4.69. The largest absolute Gasteiger partial charge is 0.338 e. The summed E-state index contributed by atoms with van der Waals surface area (Å²) < 4.78 is 0. The zero-order valence-electron chi connectivity index (χ0n) is 14.1. The molecule has 2 aromatic rings. The predicted octanol–water partition coefficient (Wildman–Crippen LogP) is 2.91. The lowest BCUT2D eigenvalue weighted by atomic mass is 9.79. The fraction of sp³-hybridized carbons (Fsp3) is 0.421. The van der Waals surface area contributed by atoms with Gasteiger partial charge >= 0.3 is 0 Å². The second-order valence-corrected chi connectivity index (χ2v) is 7.84. The summed E-state index contributed by atoms with van der Waals surface area (Å²) in [5.74, 6) is 0.170. The molecule has 4 heterocycles. The Bertz CT molecular complexity index is 762. The number of pyridine rings is 1. The maximum absolute atomic E-state index is 12.7. The van der Waals surface area contributed by atoms with E-state index in [2.05, 4.69) is 4.98 Å². The topological polar surface area (TPSA) is 53.5 Å². The summed E-state index contributed by atoms with van der Waals surface area (Å²) in [5, 5.41) is 3.85. The van der Waals surface area contributed by atoms with Crippen LogP contribution >= 0.6 is 11.3 Å². The molecule has 25 heavy (non-hydrogen) atoms. The number of nitrogens with zero attached hydrogens (tertiary/aromatic N) is 3. The zero-order chi connectivity index (χ0) is 17.3. The third kappa shape index (κ3) is 3.18. The molecular weight excluding hydrogens is 334 g/mol. The predicted molar refractivity (Wildman–Crippen MR) is 96.6 cm³/mol. The van der Waals surface area contributed by atoms with Gasteiger partial charge in [0.2, 0.25) is 0 Å². The van der Waals surface area contributed by atoms with E-state index >= 15 is 0 Å². The molecule has 2 aromatic heterocycles. The minimum absolute atomic E-state index is 0.0435. The number of piperidine rings is 1. The summed E-state index contributed by atoms with van der Waals surface area (Å²) in [4.78, 5) is 33.3. The van der Waals surface area contributed by atoms with Crippen molar-refractivity contribution < 1.29 is 9.59 Å². The van der Waals surface area contributed by atoms with Crippen molar-refractivity contribution >= 4 is 23.2 Å². The van der Waals surface area contributed by atoms with Gasteiger partial charge in [0.25, 0.3) is 11.8 Å². The molecule has 0 aliphatic carbocycles. The van der Waals surface area contributed by atoms with Crippen LogP contribution in [0.2, 0.25) is 0 Å². The lowest BCUT2D eigenvalue weighted by Gasteiger charge is -2.40. The standard InChI is InChI=1S/C19H21N3O2S/c23-17(15-3-1-7-20-11-15)21-8-2-5-19(13-21)6-9-22(14-19)18(24)16-4-10-25-12-16/h1,3-4,7,10-12H,2,5-6,8-9,13-14H2/t19-/m1/s1. The van der Waals surface area contributed by atoms with Crippen LogP contribution < -0.4 is 0 Å². The average molecular weight is 355 g/mol. The summed E-state index contributed by atoms with van der Waals surface area (Å²) in [6.45, 7) is 3.05. The van der Waals surface area contributed by atoms with Crippen molar-refractivity contribution in [1.29, 1.82) is 0 Å². The fourth-order valence-electron chi connectivity index (χ4n) is 4.06. The molecule has 5 nitrogen and oxygen atoms in total. The van der Waals surface area contributed by atoms with Gasteiger partial charge in [-0.25, -0.2) is 0 Å². The number of rotatable bonds is 2. The summed E-state index contributed by atoms with van der Waals surface area (Å²) in [7, 11) is 0. The number of carbonyl (C=O) groups excluding carboxylic acids is 2. The van der Waals surface area contributed by atoms with E-state index in [0.29, 0.717) is 5.56 Å². The first-order valence-corrected chi connectivity index (χ1v) is 9.62. The van der Waals surface area contributed by atoms with E-state index in [1.165, 1.54) is 0 Å². The highest BCUT2D eigenvalue weighted by Gasteiger charge is 2.44. The number of hydrogen-bond acceptors (Lipinski definition) is 4. The smallest absolute Gasteiger partial charge is 0.255 e. The van der Waals surface area contributed by atoms with Crippen molar-refractivity contribution in [3.8, 4) is 0 Å². The van der Waals surface area contributed by atoms with Gasteiger partial charge in [0.1, 0.15) is 0 Å². The van der Waals surface area contributed by atoms with Crippen LogP contribution in [-0.2, 0) is 0 Å². The van der Waals surface area contributed by atoms with Crippen molar-refractivity contribution in [2.45, 2.75) is 19.3 Å². The highest BCUT2D eigenvalue weighted by Crippen LogP contribution is 2.39. The number of aromatic nitrogens is 1. The molecule has 6 heteroatoms. The molecule has 2 aliphatic heterocycles. The van der Waals surface area contributed by atoms with Crippen LogP contribution in [0.15, 0.2) is 41.4 Å². The molecule has 130 valence electrons. The van der Waals surface area contributed by atoms with E-state index in [9.17, 15) is 9.59 Å². The van der Waals surface area contributed by atoms with Crippen LogP contribution in [0.4, 0.5) is 0 Å². The van der Waals surface area contributed by atoms with Crippen molar-refractivity contribution in [2.75, 3.05) is 26.2 Å². The first kappa shape index (κ1) is 16.3. The molecule has 1 atom stereocenters. The number of amides is 2. The number of hydrogen-bond donors (Lipinski definition) is 0. The second-order valence-electron chi connectivity index (χ2n) is 7.06.